The van der Waals surface area contributed by atoms with Crippen LogP contribution in [0.15, 0.2) is 24.3 Å². The van der Waals surface area contributed by atoms with Gasteiger partial charge in [0.2, 0.25) is 0 Å². The van der Waals surface area contributed by atoms with E-state index >= 15 is 0 Å². The predicted molar refractivity (Wildman–Crippen MR) is 74.2 cm³/mol. The fourth-order valence-corrected chi connectivity index (χ4v) is 1.87. The molecule has 5 nitrogen and oxygen atoms in total. The van der Waals surface area contributed by atoms with E-state index in [0.29, 0.717) is 6.42 Å². The van der Waals surface area contributed by atoms with Gasteiger partial charge >= 0.3 is 5.97 Å². The Morgan fingerprint density at radius 1 is 1.32 bits per heavy atom. The van der Waals surface area contributed by atoms with Crippen molar-refractivity contribution in [2.24, 2.45) is 0 Å². The molecule has 100 valence electrons. The molecular formula is C14H17N3O2. The van der Waals surface area contributed by atoms with Gasteiger partial charge in [-0.25, -0.2) is 9.97 Å². The number of para-hydroxylation sites is 2. The highest BCUT2D eigenvalue weighted by atomic mass is 16.4. The maximum Gasteiger partial charge on any atom is 0.303 e. The minimum atomic E-state index is -0.782. The van der Waals surface area contributed by atoms with Crippen LogP contribution in [0.5, 0.6) is 0 Å². The van der Waals surface area contributed by atoms with E-state index in [4.69, 9.17) is 5.11 Å². The average molecular weight is 259 g/mol. The second kappa shape index (κ2) is 5.65. The Hall–Kier alpha value is -2.17. The largest absolute Gasteiger partial charge is 0.481 e. The summed E-state index contributed by atoms with van der Waals surface area (Å²) in [6.45, 7) is 3.84. The summed E-state index contributed by atoms with van der Waals surface area (Å²) in [4.78, 5) is 19.5. The molecule has 1 atom stereocenters. The average Bonchev–Trinajstić information content (AvgIpc) is 2.37. The number of aromatic nitrogens is 2. The van der Waals surface area contributed by atoms with Gasteiger partial charge in [-0.3, -0.25) is 4.79 Å². The Bertz CT molecular complexity index is 598. The van der Waals surface area contributed by atoms with Crippen LogP contribution in [0.25, 0.3) is 11.0 Å². The van der Waals surface area contributed by atoms with Crippen LogP contribution in [-0.4, -0.2) is 27.1 Å². The van der Waals surface area contributed by atoms with Crippen LogP contribution in [0, 0.1) is 6.92 Å². The summed E-state index contributed by atoms with van der Waals surface area (Å²) in [5, 5.41) is 11.9. The quantitative estimate of drug-likeness (QED) is 0.863. The highest BCUT2D eigenvalue weighted by molar-refractivity contribution is 5.76. The highest BCUT2D eigenvalue weighted by Gasteiger charge is 2.09. The van der Waals surface area contributed by atoms with E-state index in [9.17, 15) is 4.79 Å². The number of carboxylic acids is 1. The van der Waals surface area contributed by atoms with Gasteiger partial charge in [-0.1, -0.05) is 12.1 Å². The van der Waals surface area contributed by atoms with Gasteiger partial charge in [-0.2, -0.15) is 0 Å². The molecule has 1 aromatic carbocycles. The molecule has 1 unspecified atom stereocenters. The van der Waals surface area contributed by atoms with E-state index in [0.717, 1.165) is 22.5 Å². The zero-order valence-electron chi connectivity index (χ0n) is 11.1. The highest BCUT2D eigenvalue weighted by Crippen LogP contribution is 2.17. The maximum atomic E-state index is 10.5. The molecule has 0 aliphatic carbocycles. The molecule has 0 saturated heterocycles. The molecule has 2 rings (SSSR count). The molecule has 2 aromatic rings. The van der Waals surface area contributed by atoms with Crippen molar-refractivity contribution < 1.29 is 9.90 Å². The molecule has 0 fully saturated rings. The van der Waals surface area contributed by atoms with Crippen LogP contribution in [-0.2, 0) is 4.79 Å². The number of aliphatic carboxylic acids is 1. The van der Waals surface area contributed by atoms with Crippen LogP contribution in [0.3, 0.4) is 0 Å². The van der Waals surface area contributed by atoms with Crippen molar-refractivity contribution in [3.8, 4) is 0 Å². The molecule has 1 heterocycles. The third kappa shape index (κ3) is 3.40. The molecule has 0 spiro atoms. The van der Waals surface area contributed by atoms with Gasteiger partial charge in [0.25, 0.3) is 0 Å². The number of fused-ring (bicyclic) bond motifs is 1. The Morgan fingerprint density at radius 2 is 1.95 bits per heavy atom. The topological polar surface area (TPSA) is 75.1 Å². The Kier molecular flexibility index (Phi) is 3.94. The van der Waals surface area contributed by atoms with Crippen LogP contribution in [0.1, 0.15) is 25.5 Å². The molecule has 0 amide bonds. The first-order chi connectivity index (χ1) is 9.06. The van der Waals surface area contributed by atoms with E-state index < -0.39 is 5.97 Å². The standard InChI is InChI=1S/C14H17N3O2/c1-9(7-8-13(18)19)15-14-10(2)16-11-5-3-4-6-12(11)17-14/h3-6,9H,7-8H2,1-2H3,(H,15,17)(H,18,19). The summed E-state index contributed by atoms with van der Waals surface area (Å²) in [5.74, 6) is -0.0634. The maximum absolute atomic E-state index is 10.5. The Labute approximate surface area is 111 Å². The van der Waals surface area contributed by atoms with Gasteiger partial charge in [-0.05, 0) is 32.4 Å². The lowest BCUT2D eigenvalue weighted by molar-refractivity contribution is -0.137. The number of carboxylic acid groups (broad SMARTS) is 1. The van der Waals surface area contributed by atoms with Crippen LogP contribution < -0.4 is 5.32 Å². The summed E-state index contributed by atoms with van der Waals surface area (Å²) in [7, 11) is 0. The zero-order valence-corrected chi connectivity index (χ0v) is 11.1. The van der Waals surface area contributed by atoms with E-state index in [1.165, 1.54) is 0 Å². The molecule has 0 bridgehead atoms. The monoisotopic (exact) mass is 259 g/mol. The minimum absolute atomic E-state index is 0.0465. The van der Waals surface area contributed by atoms with Crippen molar-refractivity contribution in [3.05, 3.63) is 30.0 Å². The number of aryl methyl sites for hydroxylation is 1. The van der Waals surface area contributed by atoms with Gasteiger partial charge in [0.1, 0.15) is 5.82 Å². The third-order valence-corrected chi connectivity index (χ3v) is 2.92. The van der Waals surface area contributed by atoms with Gasteiger partial charge < -0.3 is 10.4 Å². The molecule has 0 aliphatic heterocycles. The van der Waals surface area contributed by atoms with Crippen molar-refractivity contribution >= 4 is 22.8 Å². The fraction of sp³-hybridized carbons (Fsp3) is 0.357. The number of benzene rings is 1. The molecule has 2 N–H and O–H groups in total. The van der Waals surface area contributed by atoms with E-state index in [1.807, 2.05) is 38.1 Å². The molecule has 0 aliphatic rings. The third-order valence-electron chi connectivity index (χ3n) is 2.92. The van der Waals surface area contributed by atoms with Crippen molar-refractivity contribution in [2.45, 2.75) is 32.7 Å². The van der Waals surface area contributed by atoms with Gasteiger partial charge in [-0.15, -0.1) is 0 Å². The van der Waals surface area contributed by atoms with Crippen LogP contribution >= 0.6 is 0 Å². The van der Waals surface area contributed by atoms with Gasteiger partial charge in [0.15, 0.2) is 0 Å². The predicted octanol–water partition coefficient (Wildman–Crippen LogP) is 2.60. The first-order valence-corrected chi connectivity index (χ1v) is 6.28. The summed E-state index contributed by atoms with van der Waals surface area (Å²) in [6.07, 6.45) is 0.706. The Balaban J connectivity index is 2.15. The molecule has 5 heteroatoms. The number of nitrogens with zero attached hydrogens (tertiary/aromatic N) is 2. The van der Waals surface area contributed by atoms with Crippen molar-refractivity contribution in [3.63, 3.8) is 0 Å². The van der Waals surface area contributed by atoms with E-state index in [1.54, 1.807) is 0 Å². The molecular weight excluding hydrogens is 242 g/mol. The molecule has 19 heavy (non-hydrogen) atoms. The van der Waals surface area contributed by atoms with Crippen molar-refractivity contribution in [1.82, 2.24) is 9.97 Å². The normalized spacial score (nSPS) is 12.3. The minimum Gasteiger partial charge on any atom is -0.481 e. The molecule has 1 aromatic heterocycles. The lowest BCUT2D eigenvalue weighted by Crippen LogP contribution is -2.18. The van der Waals surface area contributed by atoms with Crippen LogP contribution in [0.4, 0.5) is 5.82 Å². The second-order valence-electron chi connectivity index (χ2n) is 4.62. The summed E-state index contributed by atoms with van der Waals surface area (Å²) in [6, 6.07) is 7.73. The zero-order chi connectivity index (χ0) is 13.8. The van der Waals surface area contributed by atoms with Gasteiger partial charge in [0, 0.05) is 12.5 Å². The fourth-order valence-electron chi connectivity index (χ4n) is 1.87. The van der Waals surface area contributed by atoms with Crippen LogP contribution in [0.2, 0.25) is 0 Å². The summed E-state index contributed by atoms with van der Waals surface area (Å²) < 4.78 is 0. The number of carbonyl (C=O) groups is 1. The smallest absolute Gasteiger partial charge is 0.303 e. The first kappa shape index (κ1) is 13.3. The van der Waals surface area contributed by atoms with E-state index in [-0.39, 0.29) is 12.5 Å². The second-order valence-corrected chi connectivity index (χ2v) is 4.62. The number of nitrogens with one attached hydrogen (secondary N) is 1. The summed E-state index contributed by atoms with van der Waals surface area (Å²) >= 11 is 0. The lowest BCUT2D eigenvalue weighted by atomic mass is 10.2. The number of hydrogen-bond acceptors (Lipinski definition) is 4. The first-order valence-electron chi connectivity index (χ1n) is 6.28. The summed E-state index contributed by atoms with van der Waals surface area (Å²) in [5.41, 5.74) is 2.52. The molecule has 0 radical (unpaired) electrons. The Morgan fingerprint density at radius 3 is 2.58 bits per heavy atom. The SMILES string of the molecule is Cc1nc2ccccc2nc1NC(C)CCC(=O)O. The van der Waals surface area contributed by atoms with E-state index in [2.05, 4.69) is 15.3 Å². The number of rotatable bonds is 5. The van der Waals surface area contributed by atoms with Crippen molar-refractivity contribution in [1.29, 1.82) is 0 Å². The number of anilines is 1. The lowest BCUT2D eigenvalue weighted by Gasteiger charge is -2.15. The number of hydrogen-bond donors (Lipinski definition) is 2. The van der Waals surface area contributed by atoms with Crippen molar-refractivity contribution in [2.75, 3.05) is 5.32 Å². The molecule has 0 saturated carbocycles. The van der Waals surface area contributed by atoms with Gasteiger partial charge in [0.05, 0.1) is 16.7 Å².